The van der Waals surface area contributed by atoms with Crippen LogP contribution in [0.25, 0.3) is 5.69 Å². The van der Waals surface area contributed by atoms with Crippen LogP contribution >= 0.6 is 0 Å². The van der Waals surface area contributed by atoms with Crippen LogP contribution in [-0.2, 0) is 20.7 Å². The summed E-state index contributed by atoms with van der Waals surface area (Å²) < 4.78 is 7.61. The predicted molar refractivity (Wildman–Crippen MR) is 111 cm³/mol. The van der Waals surface area contributed by atoms with E-state index < -0.39 is 5.97 Å². The summed E-state index contributed by atoms with van der Waals surface area (Å²) in [4.78, 5) is 28.3. The van der Waals surface area contributed by atoms with Crippen molar-refractivity contribution in [2.24, 2.45) is 5.92 Å². The minimum atomic E-state index is -0.847. The zero-order valence-electron chi connectivity index (χ0n) is 17.5. The van der Waals surface area contributed by atoms with Crippen LogP contribution in [0, 0.1) is 19.8 Å². The summed E-state index contributed by atoms with van der Waals surface area (Å²) in [6.45, 7) is 6.66. The van der Waals surface area contributed by atoms with E-state index in [0.717, 1.165) is 22.6 Å². The summed E-state index contributed by atoms with van der Waals surface area (Å²) in [7, 11) is 0. The predicted octanol–water partition coefficient (Wildman–Crippen LogP) is 1.28. The summed E-state index contributed by atoms with van der Waals surface area (Å²) in [5.41, 5.74) is 3.76. The Morgan fingerprint density at radius 3 is 2.63 bits per heavy atom. The second-order valence-corrected chi connectivity index (χ2v) is 8.25. The van der Waals surface area contributed by atoms with Crippen LogP contribution < -0.4 is 0 Å². The first-order valence-electron chi connectivity index (χ1n) is 10.3. The Balaban J connectivity index is 1.52. The number of aromatic nitrogens is 2. The molecule has 1 aromatic carbocycles. The lowest BCUT2D eigenvalue weighted by Crippen LogP contribution is -2.47. The van der Waals surface area contributed by atoms with Crippen molar-refractivity contribution < 1.29 is 19.4 Å². The van der Waals surface area contributed by atoms with Crippen LogP contribution in [0.3, 0.4) is 0 Å². The van der Waals surface area contributed by atoms with E-state index in [-0.39, 0.29) is 24.4 Å². The van der Waals surface area contributed by atoms with Gasteiger partial charge in [0.25, 0.3) is 0 Å². The standard InChI is InChI=1S/C22H28N4O4/c1-15-20(16(2)26(23-15)18-6-4-3-5-7-18)8-21(27)25-10-17-9-24(12-22(28)29)19(11-25)14-30-13-17/h3-7,17,19H,8-14H2,1-2H3,(H,28,29)/t17-,19+/m1/s1. The molecule has 8 heteroatoms. The van der Waals surface area contributed by atoms with Crippen LogP contribution in [-0.4, -0.2) is 82.0 Å². The van der Waals surface area contributed by atoms with Crippen molar-refractivity contribution in [3.8, 4) is 5.69 Å². The van der Waals surface area contributed by atoms with Crippen LogP contribution in [0.15, 0.2) is 30.3 Å². The molecule has 2 aromatic rings. The van der Waals surface area contributed by atoms with Gasteiger partial charge in [-0.15, -0.1) is 0 Å². The molecular formula is C22H28N4O4. The number of amides is 1. The Bertz CT molecular complexity index is 927. The molecule has 0 saturated carbocycles. The third-order valence-corrected chi connectivity index (χ3v) is 6.04. The first kappa shape index (κ1) is 20.6. The Morgan fingerprint density at radius 1 is 1.13 bits per heavy atom. The number of benzene rings is 1. The third-order valence-electron chi connectivity index (χ3n) is 6.04. The fourth-order valence-corrected chi connectivity index (χ4v) is 4.51. The number of rotatable bonds is 5. The van der Waals surface area contributed by atoms with Crippen molar-refractivity contribution in [2.75, 3.05) is 39.4 Å². The van der Waals surface area contributed by atoms with Crippen LogP contribution in [0.1, 0.15) is 17.0 Å². The Kier molecular flexibility index (Phi) is 5.87. The number of aliphatic carboxylic acids is 1. The molecule has 2 saturated heterocycles. The summed E-state index contributed by atoms with van der Waals surface area (Å²) in [6.07, 6.45) is 0.295. The number of ether oxygens (including phenoxy) is 1. The highest BCUT2D eigenvalue weighted by atomic mass is 16.5. The van der Waals surface area contributed by atoms with Gasteiger partial charge in [-0.3, -0.25) is 14.5 Å². The number of nitrogens with zero attached hydrogens (tertiary/aromatic N) is 4. The maximum absolute atomic E-state index is 13.2. The summed E-state index contributed by atoms with van der Waals surface area (Å²) in [5.74, 6) is -0.669. The van der Waals surface area contributed by atoms with Crippen LogP contribution in [0.5, 0.6) is 0 Å². The van der Waals surface area contributed by atoms with Gasteiger partial charge in [0.1, 0.15) is 0 Å². The summed E-state index contributed by atoms with van der Waals surface area (Å²) in [5, 5.41) is 13.9. The molecule has 0 radical (unpaired) electrons. The van der Waals surface area contributed by atoms with Crippen molar-refractivity contribution in [3.63, 3.8) is 0 Å². The molecule has 1 N–H and O–H groups in total. The zero-order valence-corrected chi connectivity index (χ0v) is 17.5. The Morgan fingerprint density at radius 2 is 1.90 bits per heavy atom. The number of carboxylic acids is 1. The van der Waals surface area contributed by atoms with E-state index in [1.165, 1.54) is 0 Å². The fourth-order valence-electron chi connectivity index (χ4n) is 4.51. The average molecular weight is 412 g/mol. The van der Waals surface area contributed by atoms with Gasteiger partial charge < -0.3 is 14.7 Å². The SMILES string of the molecule is Cc1nn(-c2ccccc2)c(C)c1CC(=O)N1C[C@@H]2COC[C@H](C1)N(CC(=O)O)C2. The summed E-state index contributed by atoms with van der Waals surface area (Å²) >= 11 is 0. The number of carbonyl (C=O) groups excluding carboxylic acids is 1. The first-order valence-corrected chi connectivity index (χ1v) is 10.3. The smallest absolute Gasteiger partial charge is 0.317 e. The molecule has 160 valence electrons. The molecule has 3 heterocycles. The van der Waals surface area contributed by atoms with E-state index in [4.69, 9.17) is 4.74 Å². The molecule has 2 bridgehead atoms. The van der Waals surface area contributed by atoms with Crippen LogP contribution in [0.4, 0.5) is 0 Å². The highest BCUT2D eigenvalue weighted by Crippen LogP contribution is 2.23. The van der Waals surface area contributed by atoms with Gasteiger partial charge in [-0.05, 0) is 26.0 Å². The van der Waals surface area contributed by atoms with Crippen molar-refractivity contribution in [1.82, 2.24) is 19.6 Å². The van der Waals surface area contributed by atoms with Gasteiger partial charge in [0.2, 0.25) is 5.91 Å². The molecule has 0 aliphatic carbocycles. The highest BCUT2D eigenvalue weighted by molar-refractivity contribution is 5.79. The molecule has 2 fully saturated rings. The molecule has 4 rings (SSSR count). The van der Waals surface area contributed by atoms with Gasteiger partial charge in [-0.2, -0.15) is 5.10 Å². The quantitative estimate of drug-likeness (QED) is 0.796. The van der Waals surface area contributed by atoms with E-state index in [1.807, 2.05) is 58.7 Å². The van der Waals surface area contributed by atoms with Gasteiger partial charge in [0.15, 0.2) is 0 Å². The lowest BCUT2D eigenvalue weighted by Gasteiger charge is -2.30. The third kappa shape index (κ3) is 4.24. The van der Waals surface area contributed by atoms with Crippen molar-refractivity contribution in [1.29, 1.82) is 0 Å². The Hall–Kier alpha value is -2.71. The molecule has 2 aliphatic rings. The van der Waals surface area contributed by atoms with Crippen LogP contribution in [0.2, 0.25) is 0 Å². The number of hydrogen-bond donors (Lipinski definition) is 1. The maximum Gasteiger partial charge on any atom is 0.317 e. The molecule has 8 nitrogen and oxygen atoms in total. The van der Waals surface area contributed by atoms with Gasteiger partial charge in [-0.1, -0.05) is 18.2 Å². The average Bonchev–Trinajstić information content (AvgIpc) is 2.85. The van der Waals surface area contributed by atoms with E-state index in [9.17, 15) is 14.7 Å². The second kappa shape index (κ2) is 8.57. The number of carbonyl (C=O) groups is 2. The van der Waals surface area contributed by atoms with Gasteiger partial charge in [0, 0.05) is 36.8 Å². The topological polar surface area (TPSA) is 87.9 Å². The minimum Gasteiger partial charge on any atom is -0.480 e. The fraction of sp³-hybridized carbons (Fsp3) is 0.500. The lowest BCUT2D eigenvalue weighted by atomic mass is 10.1. The number of hydrogen-bond acceptors (Lipinski definition) is 5. The largest absolute Gasteiger partial charge is 0.480 e. The zero-order chi connectivity index (χ0) is 21.3. The monoisotopic (exact) mass is 412 g/mol. The van der Waals surface area contributed by atoms with E-state index in [1.54, 1.807) is 0 Å². The Labute approximate surface area is 176 Å². The minimum absolute atomic E-state index is 0.0192. The maximum atomic E-state index is 13.2. The molecule has 0 spiro atoms. The highest BCUT2D eigenvalue weighted by Gasteiger charge is 2.36. The number of para-hydroxylation sites is 1. The normalized spacial score (nSPS) is 22.0. The molecule has 0 unspecified atom stereocenters. The van der Waals surface area contributed by atoms with Gasteiger partial charge in [-0.25, -0.2) is 4.68 Å². The van der Waals surface area contributed by atoms with E-state index in [2.05, 4.69) is 5.10 Å². The molecule has 1 aromatic heterocycles. The number of carboxylic acid groups (broad SMARTS) is 1. The molecule has 2 aliphatic heterocycles. The lowest BCUT2D eigenvalue weighted by molar-refractivity contribution is -0.139. The van der Waals surface area contributed by atoms with Crippen molar-refractivity contribution >= 4 is 11.9 Å². The first-order chi connectivity index (χ1) is 14.4. The van der Waals surface area contributed by atoms with Gasteiger partial charge in [0.05, 0.1) is 43.6 Å². The van der Waals surface area contributed by atoms with E-state index >= 15 is 0 Å². The van der Waals surface area contributed by atoms with Crippen molar-refractivity contribution in [3.05, 3.63) is 47.3 Å². The number of aryl methyl sites for hydroxylation is 1. The van der Waals surface area contributed by atoms with Gasteiger partial charge >= 0.3 is 5.97 Å². The van der Waals surface area contributed by atoms with Crippen molar-refractivity contribution in [2.45, 2.75) is 26.3 Å². The molecule has 1 amide bonds. The molecule has 30 heavy (non-hydrogen) atoms. The van der Waals surface area contributed by atoms with E-state index in [0.29, 0.717) is 39.3 Å². The number of fused-ring (bicyclic) bond motifs is 3. The molecule has 2 atom stereocenters. The second-order valence-electron chi connectivity index (χ2n) is 8.25. The molecular weight excluding hydrogens is 384 g/mol. The summed E-state index contributed by atoms with van der Waals surface area (Å²) in [6, 6.07) is 9.81.